The Hall–Kier alpha value is -3.62. The summed E-state index contributed by atoms with van der Waals surface area (Å²) in [4.78, 5) is 14.6. The van der Waals surface area contributed by atoms with Crippen molar-refractivity contribution in [2.75, 3.05) is 30.4 Å². The number of carbonyl (C=O) groups excluding carboxylic acids is 1. The van der Waals surface area contributed by atoms with Crippen LogP contribution in [0.3, 0.4) is 0 Å². The molecule has 1 amide bonds. The first-order chi connectivity index (χ1) is 15.8. The number of nitrogens with zero attached hydrogens (tertiary/aromatic N) is 3. The third-order valence-electron chi connectivity index (χ3n) is 5.68. The highest BCUT2D eigenvalue weighted by molar-refractivity contribution is 5.92. The van der Waals surface area contributed by atoms with Gasteiger partial charge in [-0.2, -0.15) is 13.2 Å². The van der Waals surface area contributed by atoms with Crippen LogP contribution in [0.15, 0.2) is 60.7 Å². The molecule has 9 heteroatoms. The average Bonchev–Trinajstić information content (AvgIpc) is 2.84. The highest BCUT2D eigenvalue weighted by Gasteiger charge is 2.31. The SMILES string of the molecule is COc1ccc(-c2ccc(N3CCC(C(=O)Nc4cccc(C(F)(F)F)c4)CC3)nn2)cc1. The summed E-state index contributed by atoms with van der Waals surface area (Å²) in [5.41, 5.74) is 1.04. The van der Waals surface area contributed by atoms with Crippen LogP contribution < -0.4 is 15.0 Å². The van der Waals surface area contributed by atoms with E-state index in [1.54, 1.807) is 7.11 Å². The molecule has 172 valence electrons. The third-order valence-corrected chi connectivity index (χ3v) is 5.68. The van der Waals surface area contributed by atoms with Gasteiger partial charge in [0.15, 0.2) is 5.82 Å². The van der Waals surface area contributed by atoms with Crippen LogP contribution >= 0.6 is 0 Å². The molecule has 1 aromatic heterocycles. The topological polar surface area (TPSA) is 67.3 Å². The number of nitrogens with one attached hydrogen (secondary N) is 1. The van der Waals surface area contributed by atoms with E-state index in [1.807, 2.05) is 36.4 Å². The molecule has 0 radical (unpaired) electrons. The van der Waals surface area contributed by atoms with Crippen molar-refractivity contribution >= 4 is 17.4 Å². The molecule has 0 spiro atoms. The van der Waals surface area contributed by atoms with Crippen molar-refractivity contribution in [3.63, 3.8) is 0 Å². The zero-order chi connectivity index (χ0) is 23.4. The fourth-order valence-electron chi connectivity index (χ4n) is 3.80. The lowest BCUT2D eigenvalue weighted by Crippen LogP contribution is -2.38. The molecular weight excluding hydrogens is 433 g/mol. The number of piperidine rings is 1. The van der Waals surface area contributed by atoms with E-state index in [9.17, 15) is 18.0 Å². The van der Waals surface area contributed by atoms with Gasteiger partial charge in [0.1, 0.15) is 5.75 Å². The van der Waals surface area contributed by atoms with Crippen molar-refractivity contribution in [2.45, 2.75) is 19.0 Å². The predicted molar refractivity (Wildman–Crippen MR) is 119 cm³/mol. The summed E-state index contributed by atoms with van der Waals surface area (Å²) >= 11 is 0. The Kier molecular flexibility index (Phi) is 6.48. The van der Waals surface area contributed by atoms with Crippen LogP contribution in [-0.2, 0) is 11.0 Å². The Bertz CT molecular complexity index is 1090. The van der Waals surface area contributed by atoms with E-state index >= 15 is 0 Å². The summed E-state index contributed by atoms with van der Waals surface area (Å²) in [6.45, 7) is 1.22. The van der Waals surface area contributed by atoms with Crippen molar-refractivity contribution < 1.29 is 22.7 Å². The molecule has 2 heterocycles. The fraction of sp³-hybridized carbons (Fsp3) is 0.292. The zero-order valence-electron chi connectivity index (χ0n) is 18.0. The second-order valence-corrected chi connectivity index (χ2v) is 7.83. The Morgan fingerprint density at radius 1 is 1.03 bits per heavy atom. The maximum Gasteiger partial charge on any atom is 0.416 e. The van der Waals surface area contributed by atoms with Gasteiger partial charge in [0, 0.05) is 30.3 Å². The minimum Gasteiger partial charge on any atom is -0.497 e. The largest absolute Gasteiger partial charge is 0.497 e. The van der Waals surface area contributed by atoms with Crippen LogP contribution in [0.5, 0.6) is 5.75 Å². The van der Waals surface area contributed by atoms with Crippen LogP contribution in [0.25, 0.3) is 11.3 Å². The summed E-state index contributed by atoms with van der Waals surface area (Å²) in [7, 11) is 1.61. The van der Waals surface area contributed by atoms with Gasteiger partial charge < -0.3 is 15.0 Å². The quantitative estimate of drug-likeness (QED) is 0.584. The Morgan fingerprint density at radius 3 is 2.36 bits per heavy atom. The number of methoxy groups -OCH3 is 1. The van der Waals surface area contributed by atoms with Gasteiger partial charge in [0.05, 0.1) is 18.4 Å². The Labute approximate surface area is 189 Å². The van der Waals surface area contributed by atoms with Crippen LogP contribution in [0.1, 0.15) is 18.4 Å². The smallest absolute Gasteiger partial charge is 0.416 e. The number of aromatic nitrogens is 2. The number of benzene rings is 2. The van der Waals surface area contributed by atoms with Crippen LogP contribution in [0, 0.1) is 5.92 Å². The van der Waals surface area contributed by atoms with Gasteiger partial charge in [-0.1, -0.05) is 6.07 Å². The van der Waals surface area contributed by atoms with E-state index in [1.165, 1.54) is 12.1 Å². The highest BCUT2D eigenvalue weighted by atomic mass is 19.4. The first-order valence-corrected chi connectivity index (χ1v) is 10.5. The first-order valence-electron chi connectivity index (χ1n) is 10.5. The Morgan fingerprint density at radius 2 is 1.76 bits per heavy atom. The molecule has 0 unspecified atom stereocenters. The minimum absolute atomic E-state index is 0.150. The van der Waals surface area contributed by atoms with E-state index in [-0.39, 0.29) is 17.5 Å². The van der Waals surface area contributed by atoms with Crippen molar-refractivity contribution in [3.05, 3.63) is 66.2 Å². The molecule has 4 rings (SSSR count). The molecule has 1 fully saturated rings. The van der Waals surface area contributed by atoms with Crippen molar-refractivity contribution in [1.82, 2.24) is 10.2 Å². The lowest BCUT2D eigenvalue weighted by molar-refractivity contribution is -0.137. The van der Waals surface area contributed by atoms with Gasteiger partial charge in [-0.05, 0) is 67.4 Å². The second kappa shape index (κ2) is 9.48. The van der Waals surface area contributed by atoms with Crippen LogP contribution in [-0.4, -0.2) is 36.3 Å². The summed E-state index contributed by atoms with van der Waals surface area (Å²) in [6.07, 6.45) is -3.30. The van der Waals surface area contributed by atoms with Gasteiger partial charge in [0.25, 0.3) is 0 Å². The van der Waals surface area contributed by atoms with E-state index in [0.29, 0.717) is 25.9 Å². The molecule has 1 aliphatic heterocycles. The molecule has 0 bridgehead atoms. The van der Waals surface area contributed by atoms with Crippen molar-refractivity contribution in [3.8, 4) is 17.0 Å². The maximum atomic E-state index is 12.9. The molecule has 3 aromatic rings. The molecule has 1 N–H and O–H groups in total. The number of halogens is 3. The van der Waals surface area contributed by atoms with Crippen molar-refractivity contribution in [1.29, 1.82) is 0 Å². The summed E-state index contributed by atoms with van der Waals surface area (Å²) in [6, 6.07) is 16.0. The monoisotopic (exact) mass is 456 g/mol. The van der Waals surface area contributed by atoms with Gasteiger partial charge in [-0.3, -0.25) is 4.79 Å². The highest BCUT2D eigenvalue weighted by Crippen LogP contribution is 2.31. The second-order valence-electron chi connectivity index (χ2n) is 7.83. The van der Waals surface area contributed by atoms with E-state index in [0.717, 1.165) is 35.0 Å². The van der Waals surface area contributed by atoms with Gasteiger partial charge in [0.2, 0.25) is 5.91 Å². The van der Waals surface area contributed by atoms with E-state index < -0.39 is 11.7 Å². The number of carbonyl (C=O) groups is 1. The van der Waals surface area contributed by atoms with Gasteiger partial charge in [-0.25, -0.2) is 0 Å². The van der Waals surface area contributed by atoms with Crippen LogP contribution in [0.2, 0.25) is 0 Å². The molecule has 0 saturated carbocycles. The van der Waals surface area contributed by atoms with Crippen LogP contribution in [0.4, 0.5) is 24.7 Å². The molecule has 0 atom stereocenters. The summed E-state index contributed by atoms with van der Waals surface area (Å²) in [5.74, 6) is 0.949. The molecule has 6 nitrogen and oxygen atoms in total. The number of alkyl halides is 3. The van der Waals surface area contributed by atoms with Gasteiger partial charge >= 0.3 is 6.18 Å². The predicted octanol–water partition coefficient (Wildman–Crippen LogP) is 5.03. The van der Waals surface area contributed by atoms with Crippen molar-refractivity contribution in [2.24, 2.45) is 5.92 Å². The fourth-order valence-corrected chi connectivity index (χ4v) is 3.80. The summed E-state index contributed by atoms with van der Waals surface area (Å²) < 4.78 is 43.8. The number of anilines is 2. The molecule has 0 aliphatic carbocycles. The molecule has 2 aromatic carbocycles. The maximum absolute atomic E-state index is 12.9. The normalized spacial score (nSPS) is 14.7. The number of hydrogen-bond acceptors (Lipinski definition) is 5. The van der Waals surface area contributed by atoms with E-state index in [2.05, 4.69) is 20.4 Å². The number of hydrogen-bond donors (Lipinski definition) is 1. The molecule has 1 saturated heterocycles. The van der Waals surface area contributed by atoms with Gasteiger partial charge in [-0.15, -0.1) is 10.2 Å². The third kappa shape index (κ3) is 5.42. The molecular formula is C24H23F3N4O2. The molecule has 33 heavy (non-hydrogen) atoms. The molecule has 1 aliphatic rings. The lowest BCUT2D eigenvalue weighted by atomic mass is 9.95. The number of rotatable bonds is 5. The lowest BCUT2D eigenvalue weighted by Gasteiger charge is -2.31. The average molecular weight is 456 g/mol. The number of ether oxygens (including phenoxy) is 1. The minimum atomic E-state index is -4.45. The summed E-state index contributed by atoms with van der Waals surface area (Å²) in [5, 5.41) is 11.3. The zero-order valence-corrected chi connectivity index (χ0v) is 18.0. The Balaban J connectivity index is 1.33. The standard InChI is InChI=1S/C24H23F3N4O2/c1-33-20-7-5-16(6-8-20)21-9-10-22(30-29-21)31-13-11-17(12-14-31)23(32)28-19-4-2-3-18(15-19)24(25,26)27/h2-10,15,17H,11-14H2,1H3,(H,28,32). The van der Waals surface area contributed by atoms with E-state index in [4.69, 9.17) is 4.74 Å². The number of amides is 1. The first kappa shape index (κ1) is 22.6.